The van der Waals surface area contributed by atoms with Gasteiger partial charge in [0.15, 0.2) is 5.78 Å². The molecule has 0 fully saturated rings. The molecule has 3 nitrogen and oxygen atoms in total. The Bertz CT molecular complexity index is 504. The van der Waals surface area contributed by atoms with Crippen LogP contribution in [0.15, 0.2) is 54.6 Å². The highest BCUT2D eigenvalue weighted by Gasteiger charge is 2.03. The fourth-order valence-corrected chi connectivity index (χ4v) is 1.57. The second-order valence-corrected chi connectivity index (χ2v) is 3.88. The van der Waals surface area contributed by atoms with Gasteiger partial charge in [-0.25, -0.2) is 0 Å². The molecule has 2 aromatic rings. The summed E-state index contributed by atoms with van der Waals surface area (Å²) in [7, 11) is 0. The maximum Gasteiger partial charge on any atom is 0.188 e. The van der Waals surface area contributed by atoms with Gasteiger partial charge in [-0.15, -0.1) is 0 Å². The lowest BCUT2D eigenvalue weighted by molar-refractivity contribution is 0.0903. The Kier molecular flexibility index (Phi) is 7.07. The molecule has 0 aliphatic rings. The van der Waals surface area contributed by atoms with Gasteiger partial charge < -0.3 is 9.84 Å². The van der Waals surface area contributed by atoms with Gasteiger partial charge in [-0.1, -0.05) is 44.2 Å². The highest BCUT2D eigenvalue weighted by molar-refractivity contribution is 5.96. The summed E-state index contributed by atoms with van der Waals surface area (Å²) in [6.07, 6.45) is 0. The van der Waals surface area contributed by atoms with Gasteiger partial charge in [0.05, 0.1) is 0 Å². The summed E-state index contributed by atoms with van der Waals surface area (Å²) < 4.78 is 5.59. The van der Waals surface area contributed by atoms with Crippen LogP contribution in [0.5, 0.6) is 5.75 Å². The van der Waals surface area contributed by atoms with Crippen LogP contribution >= 0.6 is 0 Å². The van der Waals surface area contributed by atoms with Crippen molar-refractivity contribution in [2.75, 3.05) is 6.61 Å². The molecule has 0 spiro atoms. The Hall–Kier alpha value is -2.13. The number of carbonyl (C=O) groups excluding carboxylic acids is 1. The summed E-state index contributed by atoms with van der Waals surface area (Å²) in [6, 6.07) is 16.6. The smallest absolute Gasteiger partial charge is 0.188 e. The molecule has 0 unspecified atom stereocenters. The maximum atomic E-state index is 11.2. The first kappa shape index (κ1) is 15.9. The number of hydrogen-bond acceptors (Lipinski definition) is 3. The zero-order chi connectivity index (χ0) is 14.8. The van der Waals surface area contributed by atoms with Crippen LogP contribution in [-0.2, 0) is 6.61 Å². The molecule has 0 amide bonds. The van der Waals surface area contributed by atoms with Crippen molar-refractivity contribution in [3.8, 4) is 5.75 Å². The van der Waals surface area contributed by atoms with Crippen LogP contribution in [-0.4, -0.2) is 17.5 Å². The van der Waals surface area contributed by atoms with Gasteiger partial charge in [0.1, 0.15) is 19.0 Å². The second-order valence-electron chi connectivity index (χ2n) is 3.88. The topological polar surface area (TPSA) is 46.5 Å². The third-order valence-electron chi connectivity index (χ3n) is 2.57. The van der Waals surface area contributed by atoms with E-state index >= 15 is 0 Å². The summed E-state index contributed by atoms with van der Waals surface area (Å²) in [4.78, 5) is 11.2. The van der Waals surface area contributed by atoms with Crippen LogP contribution in [0, 0.1) is 0 Å². The lowest BCUT2D eigenvalue weighted by Gasteiger charge is -2.06. The van der Waals surface area contributed by atoms with E-state index in [9.17, 15) is 4.79 Å². The van der Waals surface area contributed by atoms with E-state index in [4.69, 9.17) is 9.84 Å². The molecule has 0 aliphatic carbocycles. The normalized spacial score (nSPS) is 9.35. The molecule has 3 heteroatoms. The molecule has 0 radical (unpaired) electrons. The number of carbonyl (C=O) groups is 1. The van der Waals surface area contributed by atoms with Crippen molar-refractivity contribution in [3.05, 3.63) is 65.7 Å². The van der Waals surface area contributed by atoms with Crippen molar-refractivity contribution >= 4 is 5.78 Å². The number of hydrogen-bond donors (Lipinski definition) is 1. The van der Waals surface area contributed by atoms with Crippen molar-refractivity contribution in [3.63, 3.8) is 0 Å². The summed E-state index contributed by atoms with van der Waals surface area (Å²) >= 11 is 0. The number of Topliss-reactive ketones (excluding diaryl/α,β-unsaturated/α-hetero) is 1. The maximum absolute atomic E-state index is 11.2. The van der Waals surface area contributed by atoms with E-state index in [2.05, 4.69) is 0 Å². The Labute approximate surface area is 119 Å². The zero-order valence-electron chi connectivity index (χ0n) is 11.9. The number of ketones is 1. The summed E-state index contributed by atoms with van der Waals surface area (Å²) in [5.74, 6) is 0.415. The minimum Gasteiger partial charge on any atom is -0.489 e. The third kappa shape index (κ3) is 4.86. The highest BCUT2D eigenvalue weighted by atomic mass is 16.5. The van der Waals surface area contributed by atoms with E-state index in [-0.39, 0.29) is 5.78 Å². The van der Waals surface area contributed by atoms with Crippen LogP contribution in [0.1, 0.15) is 29.8 Å². The third-order valence-corrected chi connectivity index (χ3v) is 2.57. The Morgan fingerprint density at radius 1 is 1.00 bits per heavy atom. The predicted molar refractivity (Wildman–Crippen MR) is 80.0 cm³/mol. The van der Waals surface area contributed by atoms with E-state index in [0.29, 0.717) is 17.9 Å². The van der Waals surface area contributed by atoms with E-state index in [1.165, 1.54) is 0 Å². The molecule has 0 saturated carbocycles. The molecule has 0 saturated heterocycles. The van der Waals surface area contributed by atoms with Crippen LogP contribution in [0.2, 0.25) is 0 Å². The number of benzene rings is 2. The average molecular weight is 272 g/mol. The number of rotatable bonds is 5. The van der Waals surface area contributed by atoms with Crippen molar-refractivity contribution in [1.29, 1.82) is 0 Å². The van der Waals surface area contributed by atoms with E-state index in [0.717, 1.165) is 5.56 Å². The molecular weight excluding hydrogens is 252 g/mol. The van der Waals surface area contributed by atoms with Gasteiger partial charge in [0.25, 0.3) is 0 Å². The van der Waals surface area contributed by atoms with E-state index in [1.807, 2.05) is 44.2 Å². The first-order valence-electron chi connectivity index (χ1n) is 6.70. The Balaban J connectivity index is 0.000000956. The lowest BCUT2D eigenvalue weighted by Crippen LogP contribution is -2.04. The monoisotopic (exact) mass is 272 g/mol. The molecule has 0 bridgehead atoms. The molecule has 0 aliphatic heterocycles. The van der Waals surface area contributed by atoms with E-state index < -0.39 is 6.61 Å². The molecule has 106 valence electrons. The second kappa shape index (κ2) is 8.88. The van der Waals surface area contributed by atoms with Crippen molar-refractivity contribution in [2.24, 2.45) is 0 Å². The zero-order valence-corrected chi connectivity index (χ0v) is 11.9. The molecule has 0 atom stereocenters. The highest BCUT2D eigenvalue weighted by Crippen LogP contribution is 2.14. The van der Waals surface area contributed by atoms with E-state index in [1.54, 1.807) is 24.3 Å². The van der Waals surface area contributed by atoms with Crippen LogP contribution < -0.4 is 4.74 Å². The van der Waals surface area contributed by atoms with Crippen LogP contribution in [0.4, 0.5) is 0 Å². The van der Waals surface area contributed by atoms with Gasteiger partial charge in [0, 0.05) is 5.56 Å². The van der Waals surface area contributed by atoms with Gasteiger partial charge in [-0.05, 0) is 29.8 Å². The quantitative estimate of drug-likeness (QED) is 0.848. The molecular formula is C17H20O3. The molecule has 0 aromatic heterocycles. The molecule has 2 rings (SSSR count). The Morgan fingerprint density at radius 2 is 1.60 bits per heavy atom. The van der Waals surface area contributed by atoms with Crippen LogP contribution in [0.25, 0.3) is 0 Å². The van der Waals surface area contributed by atoms with Gasteiger partial charge in [-0.3, -0.25) is 4.79 Å². The summed E-state index contributed by atoms with van der Waals surface area (Å²) in [6.45, 7) is 4.03. The summed E-state index contributed by atoms with van der Waals surface area (Å²) in [5, 5.41) is 8.73. The van der Waals surface area contributed by atoms with Gasteiger partial charge in [0.2, 0.25) is 0 Å². The molecule has 1 N–H and O–H groups in total. The predicted octanol–water partition coefficient (Wildman–Crippen LogP) is 3.47. The number of ether oxygens (including phenoxy) is 1. The fourth-order valence-electron chi connectivity index (χ4n) is 1.57. The van der Waals surface area contributed by atoms with Crippen LogP contribution in [0.3, 0.4) is 0 Å². The first-order valence-corrected chi connectivity index (χ1v) is 6.70. The van der Waals surface area contributed by atoms with Crippen molar-refractivity contribution in [1.82, 2.24) is 0 Å². The Morgan fingerprint density at radius 3 is 2.15 bits per heavy atom. The number of aliphatic hydroxyl groups excluding tert-OH is 1. The minimum absolute atomic E-state index is 0.287. The molecule has 0 heterocycles. The first-order chi connectivity index (χ1) is 9.79. The van der Waals surface area contributed by atoms with Crippen molar-refractivity contribution in [2.45, 2.75) is 20.5 Å². The SMILES string of the molecule is CC.O=C(CO)c1ccc(OCc2ccccc2)cc1. The standard InChI is InChI=1S/C15H14O3.C2H6/c16-10-15(17)13-6-8-14(9-7-13)18-11-12-4-2-1-3-5-12;1-2/h1-9,16H,10-11H2;1-2H3. The van der Waals surface area contributed by atoms with Crippen molar-refractivity contribution < 1.29 is 14.6 Å². The largest absolute Gasteiger partial charge is 0.489 e. The minimum atomic E-state index is -0.468. The lowest BCUT2D eigenvalue weighted by atomic mass is 10.1. The average Bonchev–Trinajstić information content (AvgIpc) is 2.55. The molecule has 2 aromatic carbocycles. The summed E-state index contributed by atoms with van der Waals surface area (Å²) in [5.41, 5.74) is 1.58. The number of aliphatic hydroxyl groups is 1. The van der Waals surface area contributed by atoms with Gasteiger partial charge >= 0.3 is 0 Å². The molecule has 20 heavy (non-hydrogen) atoms. The van der Waals surface area contributed by atoms with Gasteiger partial charge in [-0.2, -0.15) is 0 Å². The fraction of sp³-hybridized carbons (Fsp3) is 0.235.